The van der Waals surface area contributed by atoms with Gasteiger partial charge in [-0.2, -0.15) is 0 Å². The zero-order chi connectivity index (χ0) is 12.6. The summed E-state index contributed by atoms with van der Waals surface area (Å²) in [6, 6.07) is 5.22. The molecule has 0 nitrogen and oxygen atoms in total. The minimum atomic E-state index is -2.76. The molecule has 0 amide bonds. The molecule has 2 heteroatoms. The van der Waals surface area contributed by atoms with E-state index in [2.05, 4.69) is 20.8 Å². The molecule has 0 aliphatic carbocycles. The van der Waals surface area contributed by atoms with Crippen LogP contribution in [0.1, 0.15) is 51.3 Å². The van der Waals surface area contributed by atoms with E-state index in [-0.39, 0.29) is 11.0 Å². The predicted octanol–water partition coefficient (Wildman–Crippen LogP) is 4.66. The fraction of sp³-hybridized carbons (Fsp3) is 0.571. The second kappa shape index (κ2) is 4.15. The Balaban J connectivity index is 3.45. The van der Waals surface area contributed by atoms with Crippen LogP contribution in [0.5, 0.6) is 0 Å². The van der Waals surface area contributed by atoms with E-state index in [0.29, 0.717) is 6.42 Å². The second-order valence-corrected chi connectivity index (χ2v) is 5.32. The maximum Gasteiger partial charge on any atom is 0.270 e. The minimum absolute atomic E-state index is 0.0907. The van der Waals surface area contributed by atoms with Gasteiger partial charge in [-0.25, -0.2) is 8.78 Å². The number of halogens is 2. The molecular formula is C14H20F2. The molecule has 0 N–H and O–H groups in total. The van der Waals surface area contributed by atoms with Gasteiger partial charge >= 0.3 is 0 Å². The van der Waals surface area contributed by atoms with Crippen LogP contribution in [-0.2, 0) is 17.8 Å². The van der Waals surface area contributed by atoms with E-state index in [4.69, 9.17) is 0 Å². The lowest BCUT2D eigenvalue weighted by molar-refractivity contribution is 0.0164. The second-order valence-electron chi connectivity index (χ2n) is 5.32. The summed E-state index contributed by atoms with van der Waals surface area (Å²) in [6.45, 7) is 9.06. The topological polar surface area (TPSA) is 0 Å². The smallest absolute Gasteiger partial charge is 0.202 e. The first kappa shape index (κ1) is 13.1. The summed E-state index contributed by atoms with van der Waals surface area (Å²) in [4.78, 5) is 0. The summed E-state index contributed by atoms with van der Waals surface area (Å²) >= 11 is 0. The van der Waals surface area contributed by atoms with Crippen LogP contribution in [0.3, 0.4) is 0 Å². The summed E-state index contributed by atoms with van der Waals surface area (Å²) in [5, 5.41) is 0. The number of alkyl halides is 2. The van der Waals surface area contributed by atoms with Crippen molar-refractivity contribution >= 4 is 0 Å². The molecule has 0 spiro atoms. The Bertz CT molecular complexity index is 335. The fourth-order valence-electron chi connectivity index (χ4n) is 2.08. The summed E-state index contributed by atoms with van der Waals surface area (Å²) in [5.41, 5.74) is 1.89. The summed E-state index contributed by atoms with van der Waals surface area (Å²) < 4.78 is 26.9. The van der Waals surface area contributed by atoms with Crippen LogP contribution in [0.2, 0.25) is 0 Å². The molecule has 0 radical (unpaired) electrons. The van der Waals surface area contributed by atoms with Gasteiger partial charge in [-0.15, -0.1) is 0 Å². The predicted molar refractivity (Wildman–Crippen MR) is 64.1 cm³/mol. The molecule has 0 fully saturated rings. The van der Waals surface area contributed by atoms with Crippen LogP contribution < -0.4 is 0 Å². The van der Waals surface area contributed by atoms with Crippen molar-refractivity contribution in [2.24, 2.45) is 0 Å². The molecule has 90 valence electrons. The first-order chi connectivity index (χ1) is 7.18. The van der Waals surface area contributed by atoms with Crippen molar-refractivity contribution in [2.75, 3.05) is 0 Å². The third-order valence-corrected chi connectivity index (χ3v) is 2.81. The van der Waals surface area contributed by atoms with Gasteiger partial charge in [0.15, 0.2) is 0 Å². The van der Waals surface area contributed by atoms with Crippen LogP contribution in [-0.4, -0.2) is 0 Å². The van der Waals surface area contributed by atoms with Crippen molar-refractivity contribution in [3.8, 4) is 0 Å². The molecule has 0 bridgehead atoms. The van der Waals surface area contributed by atoms with E-state index in [1.165, 1.54) is 6.07 Å². The molecule has 0 saturated carbocycles. The zero-order valence-electron chi connectivity index (χ0n) is 10.7. The fourth-order valence-corrected chi connectivity index (χ4v) is 2.08. The highest BCUT2D eigenvalue weighted by atomic mass is 19.3. The molecule has 1 rings (SSSR count). The minimum Gasteiger partial charge on any atom is -0.202 e. The van der Waals surface area contributed by atoms with Crippen molar-refractivity contribution in [2.45, 2.75) is 52.4 Å². The van der Waals surface area contributed by atoms with Gasteiger partial charge < -0.3 is 0 Å². The normalized spacial score (nSPS) is 12.9. The van der Waals surface area contributed by atoms with Crippen LogP contribution in [0, 0.1) is 0 Å². The van der Waals surface area contributed by atoms with Crippen molar-refractivity contribution < 1.29 is 8.78 Å². The molecule has 0 heterocycles. The van der Waals surface area contributed by atoms with Gasteiger partial charge in [-0.1, -0.05) is 45.9 Å². The zero-order valence-corrected chi connectivity index (χ0v) is 10.7. The van der Waals surface area contributed by atoms with E-state index in [0.717, 1.165) is 18.1 Å². The van der Waals surface area contributed by atoms with Crippen molar-refractivity contribution in [3.63, 3.8) is 0 Å². The van der Waals surface area contributed by atoms with Gasteiger partial charge in [0.25, 0.3) is 5.92 Å². The average molecular weight is 226 g/mol. The van der Waals surface area contributed by atoms with Gasteiger partial charge in [0, 0.05) is 12.5 Å². The molecule has 0 aliphatic heterocycles. The quantitative estimate of drug-likeness (QED) is 0.688. The van der Waals surface area contributed by atoms with Gasteiger partial charge in [-0.05, 0) is 23.0 Å². The number of hydrogen-bond donors (Lipinski definition) is 0. The standard InChI is InChI=1S/C14H20F2/c1-6-10-11(13(2,3)4)8-7-9-12(10)14(5,15)16/h7-9H,6H2,1-5H3. The van der Waals surface area contributed by atoms with E-state index in [9.17, 15) is 8.78 Å². The van der Waals surface area contributed by atoms with Gasteiger partial charge in [-0.3, -0.25) is 0 Å². The van der Waals surface area contributed by atoms with Crippen LogP contribution >= 0.6 is 0 Å². The van der Waals surface area contributed by atoms with Crippen LogP contribution in [0.15, 0.2) is 18.2 Å². The Morgan fingerprint density at radius 3 is 1.88 bits per heavy atom. The first-order valence-corrected chi connectivity index (χ1v) is 5.68. The molecule has 1 aromatic carbocycles. The largest absolute Gasteiger partial charge is 0.270 e. The molecule has 0 aromatic heterocycles. The van der Waals surface area contributed by atoms with E-state index >= 15 is 0 Å². The molecule has 0 saturated heterocycles. The molecule has 0 atom stereocenters. The monoisotopic (exact) mass is 226 g/mol. The summed E-state index contributed by atoms with van der Waals surface area (Å²) in [5.74, 6) is -2.76. The van der Waals surface area contributed by atoms with Crippen molar-refractivity contribution in [1.82, 2.24) is 0 Å². The summed E-state index contributed by atoms with van der Waals surface area (Å²) in [7, 11) is 0. The molecule has 1 aromatic rings. The van der Waals surface area contributed by atoms with E-state index in [1.54, 1.807) is 6.07 Å². The highest BCUT2D eigenvalue weighted by Crippen LogP contribution is 2.35. The molecule has 0 unspecified atom stereocenters. The molecule has 0 aliphatic rings. The first-order valence-electron chi connectivity index (χ1n) is 5.68. The van der Waals surface area contributed by atoms with Gasteiger partial charge in [0.1, 0.15) is 0 Å². The maximum atomic E-state index is 13.5. The lowest BCUT2D eigenvalue weighted by Gasteiger charge is -2.26. The number of rotatable bonds is 2. The Morgan fingerprint density at radius 2 is 1.50 bits per heavy atom. The molecular weight excluding hydrogens is 206 g/mol. The van der Waals surface area contributed by atoms with Crippen LogP contribution in [0.25, 0.3) is 0 Å². The SMILES string of the molecule is CCc1c(C(C)(C)C)cccc1C(C)(F)F. The number of benzene rings is 1. The van der Waals surface area contributed by atoms with Gasteiger partial charge in [0.05, 0.1) is 0 Å². The van der Waals surface area contributed by atoms with Gasteiger partial charge in [0.2, 0.25) is 0 Å². The van der Waals surface area contributed by atoms with E-state index < -0.39 is 5.92 Å². The Labute approximate surface area is 96.7 Å². The highest BCUT2D eigenvalue weighted by Gasteiger charge is 2.30. The maximum absolute atomic E-state index is 13.5. The highest BCUT2D eigenvalue weighted by molar-refractivity contribution is 5.41. The number of hydrogen-bond acceptors (Lipinski definition) is 0. The van der Waals surface area contributed by atoms with E-state index in [1.807, 2.05) is 13.0 Å². The lowest BCUT2D eigenvalue weighted by Crippen LogP contribution is -2.19. The van der Waals surface area contributed by atoms with Crippen molar-refractivity contribution in [3.05, 3.63) is 34.9 Å². The van der Waals surface area contributed by atoms with Crippen molar-refractivity contribution in [1.29, 1.82) is 0 Å². The van der Waals surface area contributed by atoms with Crippen LogP contribution in [0.4, 0.5) is 8.78 Å². The third kappa shape index (κ3) is 2.60. The third-order valence-electron chi connectivity index (χ3n) is 2.81. The Morgan fingerprint density at radius 1 is 1.00 bits per heavy atom. The Kier molecular flexibility index (Phi) is 3.41. The molecule has 16 heavy (non-hydrogen) atoms. The average Bonchev–Trinajstić information content (AvgIpc) is 2.13. The lowest BCUT2D eigenvalue weighted by atomic mass is 9.80. The Hall–Kier alpha value is -0.920. The summed E-state index contributed by atoms with van der Waals surface area (Å²) in [6.07, 6.45) is 0.645.